The van der Waals surface area contributed by atoms with E-state index >= 15 is 0 Å². The summed E-state index contributed by atoms with van der Waals surface area (Å²) in [5, 5.41) is 11.2. The normalized spacial score (nSPS) is 10.4. The molecule has 0 fully saturated rings. The largest absolute Gasteiger partial charge is 0.396 e. The number of carbonyl (C=O) groups excluding carboxylic acids is 1. The monoisotopic (exact) mass is 289 g/mol. The molecule has 0 heterocycles. The molecule has 0 atom stereocenters. The zero-order valence-corrected chi connectivity index (χ0v) is 11.6. The van der Waals surface area contributed by atoms with Crippen molar-refractivity contribution in [2.75, 3.05) is 24.7 Å². The van der Waals surface area contributed by atoms with Crippen molar-refractivity contribution in [3.63, 3.8) is 0 Å². The van der Waals surface area contributed by atoms with Crippen LogP contribution in [0, 0.1) is 5.82 Å². The second-order valence-electron chi connectivity index (χ2n) is 3.61. The zero-order chi connectivity index (χ0) is 13.4. The number of carbonyl (C=O) groups is 1. The third-order valence-electron chi connectivity index (χ3n) is 2.17. The van der Waals surface area contributed by atoms with Crippen LogP contribution in [0.25, 0.3) is 0 Å². The molecule has 3 nitrogen and oxygen atoms in total. The third-order valence-corrected chi connectivity index (χ3v) is 3.52. The van der Waals surface area contributed by atoms with Crippen molar-refractivity contribution in [3.05, 3.63) is 29.6 Å². The standard InChI is InChI=1S/C12H16FNO2S2/c13-11-3-2-9(17)8-10(11)12(16)14-4-7-18-6-1-5-15/h2-3,8,15,17H,1,4-7H2,(H,14,16). The minimum Gasteiger partial charge on any atom is -0.396 e. The molecule has 1 rings (SSSR count). The molecular formula is C12H16FNO2S2. The van der Waals surface area contributed by atoms with Crippen molar-refractivity contribution < 1.29 is 14.3 Å². The first-order chi connectivity index (χ1) is 8.65. The molecule has 0 unspecified atom stereocenters. The average Bonchev–Trinajstić information content (AvgIpc) is 2.36. The molecule has 0 bridgehead atoms. The number of hydrogen-bond donors (Lipinski definition) is 3. The van der Waals surface area contributed by atoms with Crippen molar-refractivity contribution in [1.29, 1.82) is 0 Å². The Bertz CT molecular complexity index is 402. The predicted octanol–water partition coefficient (Wildman–Crippen LogP) is 1.96. The van der Waals surface area contributed by atoms with Crippen LogP contribution in [0.3, 0.4) is 0 Å². The second-order valence-corrected chi connectivity index (χ2v) is 5.35. The first-order valence-electron chi connectivity index (χ1n) is 5.60. The van der Waals surface area contributed by atoms with Crippen molar-refractivity contribution >= 4 is 30.3 Å². The average molecular weight is 289 g/mol. The molecular weight excluding hydrogens is 273 g/mol. The molecule has 18 heavy (non-hydrogen) atoms. The Labute approximate surface area is 116 Å². The highest BCUT2D eigenvalue weighted by Gasteiger charge is 2.10. The van der Waals surface area contributed by atoms with Crippen LogP contribution in [0.2, 0.25) is 0 Å². The summed E-state index contributed by atoms with van der Waals surface area (Å²) >= 11 is 5.71. The fourth-order valence-corrected chi connectivity index (χ4v) is 2.28. The summed E-state index contributed by atoms with van der Waals surface area (Å²) in [4.78, 5) is 12.2. The zero-order valence-electron chi connectivity index (χ0n) is 9.86. The van der Waals surface area contributed by atoms with Crippen molar-refractivity contribution in [2.45, 2.75) is 11.3 Å². The van der Waals surface area contributed by atoms with Crippen molar-refractivity contribution in [1.82, 2.24) is 5.32 Å². The number of aliphatic hydroxyl groups is 1. The van der Waals surface area contributed by atoms with Gasteiger partial charge in [-0.15, -0.1) is 12.6 Å². The lowest BCUT2D eigenvalue weighted by Crippen LogP contribution is -2.26. The van der Waals surface area contributed by atoms with Gasteiger partial charge in [0.25, 0.3) is 5.91 Å². The maximum absolute atomic E-state index is 13.4. The van der Waals surface area contributed by atoms with Crippen LogP contribution in [-0.4, -0.2) is 35.7 Å². The van der Waals surface area contributed by atoms with E-state index in [4.69, 9.17) is 5.11 Å². The van der Waals surface area contributed by atoms with Gasteiger partial charge in [-0.1, -0.05) is 0 Å². The van der Waals surface area contributed by atoms with Gasteiger partial charge in [0, 0.05) is 23.8 Å². The van der Waals surface area contributed by atoms with Gasteiger partial charge in [0.15, 0.2) is 0 Å². The van der Waals surface area contributed by atoms with Crippen LogP contribution in [0.1, 0.15) is 16.8 Å². The molecule has 100 valence electrons. The van der Waals surface area contributed by atoms with Crippen LogP contribution in [-0.2, 0) is 0 Å². The van der Waals surface area contributed by atoms with E-state index in [0.717, 1.165) is 17.9 Å². The van der Waals surface area contributed by atoms with Gasteiger partial charge in [0.2, 0.25) is 0 Å². The number of thioether (sulfide) groups is 1. The number of nitrogens with one attached hydrogen (secondary N) is 1. The summed E-state index contributed by atoms with van der Waals surface area (Å²) in [7, 11) is 0. The van der Waals surface area contributed by atoms with E-state index in [2.05, 4.69) is 17.9 Å². The summed E-state index contributed by atoms with van der Waals surface area (Å²) in [6.45, 7) is 0.657. The van der Waals surface area contributed by atoms with E-state index in [1.165, 1.54) is 18.2 Å². The Hall–Kier alpha value is -0.720. The quantitative estimate of drug-likeness (QED) is 0.531. The van der Waals surface area contributed by atoms with Crippen LogP contribution < -0.4 is 5.32 Å². The molecule has 0 saturated heterocycles. The summed E-state index contributed by atoms with van der Waals surface area (Å²) in [5.41, 5.74) is 0.0165. The van der Waals surface area contributed by atoms with Gasteiger partial charge in [-0.25, -0.2) is 4.39 Å². The van der Waals surface area contributed by atoms with Gasteiger partial charge in [-0.05, 0) is 30.4 Å². The van der Waals surface area contributed by atoms with E-state index in [-0.39, 0.29) is 12.2 Å². The van der Waals surface area contributed by atoms with Gasteiger partial charge in [-0.3, -0.25) is 4.79 Å². The molecule has 0 aliphatic heterocycles. The molecule has 1 aromatic rings. The minimum absolute atomic E-state index is 0.0165. The van der Waals surface area contributed by atoms with E-state index in [1.54, 1.807) is 11.8 Å². The molecule has 0 aromatic heterocycles. The van der Waals surface area contributed by atoms with Gasteiger partial charge in [-0.2, -0.15) is 11.8 Å². The van der Waals surface area contributed by atoms with Crippen LogP contribution in [0.4, 0.5) is 4.39 Å². The molecule has 0 spiro atoms. The fourth-order valence-electron chi connectivity index (χ4n) is 1.29. The highest BCUT2D eigenvalue weighted by atomic mass is 32.2. The maximum atomic E-state index is 13.4. The summed E-state index contributed by atoms with van der Waals surface area (Å²) in [6.07, 6.45) is 0.745. The van der Waals surface area contributed by atoms with E-state index in [0.29, 0.717) is 11.4 Å². The van der Waals surface area contributed by atoms with Crippen molar-refractivity contribution in [2.24, 2.45) is 0 Å². The van der Waals surface area contributed by atoms with Crippen LogP contribution >= 0.6 is 24.4 Å². The second kappa shape index (κ2) is 8.39. The number of amides is 1. The fraction of sp³-hybridized carbons (Fsp3) is 0.417. The molecule has 2 N–H and O–H groups in total. The summed E-state index contributed by atoms with van der Waals surface area (Å²) in [6, 6.07) is 4.14. The number of benzene rings is 1. The number of aliphatic hydroxyl groups excluding tert-OH is 1. The molecule has 0 radical (unpaired) electrons. The molecule has 1 amide bonds. The minimum atomic E-state index is -0.543. The number of hydrogen-bond acceptors (Lipinski definition) is 4. The molecule has 0 saturated carbocycles. The highest BCUT2D eigenvalue weighted by molar-refractivity contribution is 7.99. The van der Waals surface area contributed by atoms with E-state index in [1.807, 2.05) is 0 Å². The Balaban J connectivity index is 2.34. The van der Waals surface area contributed by atoms with Gasteiger partial charge >= 0.3 is 0 Å². The molecule has 0 aliphatic rings. The molecule has 0 aliphatic carbocycles. The summed E-state index contributed by atoms with van der Waals surface area (Å²) in [5.74, 6) is 0.630. The third kappa shape index (κ3) is 5.29. The van der Waals surface area contributed by atoms with E-state index in [9.17, 15) is 9.18 Å². The Morgan fingerprint density at radius 2 is 2.22 bits per heavy atom. The van der Waals surface area contributed by atoms with Crippen LogP contribution in [0.15, 0.2) is 23.1 Å². The van der Waals surface area contributed by atoms with Crippen molar-refractivity contribution in [3.8, 4) is 0 Å². The van der Waals surface area contributed by atoms with E-state index < -0.39 is 11.7 Å². The Morgan fingerprint density at radius 1 is 1.44 bits per heavy atom. The Morgan fingerprint density at radius 3 is 2.94 bits per heavy atom. The first-order valence-corrected chi connectivity index (χ1v) is 7.20. The SMILES string of the molecule is O=C(NCCSCCCO)c1cc(S)ccc1F. The van der Waals surface area contributed by atoms with Crippen LogP contribution in [0.5, 0.6) is 0 Å². The number of rotatable bonds is 7. The van der Waals surface area contributed by atoms with Gasteiger partial charge in [0.1, 0.15) is 5.82 Å². The number of halogens is 1. The van der Waals surface area contributed by atoms with Gasteiger partial charge < -0.3 is 10.4 Å². The lowest BCUT2D eigenvalue weighted by Gasteiger charge is -2.06. The molecule has 1 aromatic carbocycles. The Kier molecular flexibility index (Phi) is 7.15. The predicted molar refractivity (Wildman–Crippen MR) is 75.0 cm³/mol. The lowest BCUT2D eigenvalue weighted by molar-refractivity contribution is 0.0952. The lowest BCUT2D eigenvalue weighted by atomic mass is 10.2. The maximum Gasteiger partial charge on any atom is 0.254 e. The smallest absolute Gasteiger partial charge is 0.254 e. The number of thiol groups is 1. The highest BCUT2D eigenvalue weighted by Crippen LogP contribution is 2.13. The molecule has 6 heteroatoms. The summed E-state index contributed by atoms with van der Waals surface area (Å²) < 4.78 is 13.4. The van der Waals surface area contributed by atoms with Gasteiger partial charge in [0.05, 0.1) is 5.56 Å². The first kappa shape index (κ1) is 15.3. The topological polar surface area (TPSA) is 49.3 Å².